The minimum Gasteiger partial charge on any atom is -0.439 e. The molecule has 0 radical (unpaired) electrons. The number of hydrogen-bond donors (Lipinski definition) is 2. The second-order valence-corrected chi connectivity index (χ2v) is 6.36. The summed E-state index contributed by atoms with van der Waals surface area (Å²) in [5.74, 6) is 0.661. The molecule has 0 spiro atoms. The molecule has 0 unspecified atom stereocenters. The minimum atomic E-state index is -0.505. The number of aromatic nitrogens is 1. The SMILES string of the molecule is Cc1cc(CNCCc2ccccc2)ccc1Oc1ccc(C(N)=O)cn1. The van der Waals surface area contributed by atoms with E-state index in [0.717, 1.165) is 30.8 Å². The molecule has 3 aromatic rings. The van der Waals surface area contributed by atoms with E-state index in [9.17, 15) is 4.79 Å². The van der Waals surface area contributed by atoms with Crippen molar-refractivity contribution in [3.8, 4) is 11.6 Å². The van der Waals surface area contributed by atoms with Crippen LogP contribution in [0.3, 0.4) is 0 Å². The van der Waals surface area contributed by atoms with Crippen molar-refractivity contribution in [2.24, 2.45) is 5.73 Å². The molecule has 1 aromatic heterocycles. The van der Waals surface area contributed by atoms with Gasteiger partial charge in [0.05, 0.1) is 5.56 Å². The predicted molar refractivity (Wildman–Crippen MR) is 106 cm³/mol. The molecular formula is C22H23N3O2. The number of carbonyl (C=O) groups is 1. The lowest BCUT2D eigenvalue weighted by Crippen LogP contribution is -2.16. The number of primary amides is 1. The molecule has 0 aliphatic rings. The number of amides is 1. The highest BCUT2D eigenvalue weighted by Gasteiger charge is 2.06. The van der Waals surface area contributed by atoms with E-state index in [1.807, 2.05) is 25.1 Å². The largest absolute Gasteiger partial charge is 0.439 e. The third kappa shape index (κ3) is 5.39. The molecule has 1 heterocycles. The maximum atomic E-state index is 11.1. The van der Waals surface area contributed by atoms with Gasteiger partial charge in [-0.3, -0.25) is 4.79 Å². The summed E-state index contributed by atoms with van der Waals surface area (Å²) in [4.78, 5) is 15.2. The molecule has 3 N–H and O–H groups in total. The zero-order chi connectivity index (χ0) is 19.1. The lowest BCUT2D eigenvalue weighted by atomic mass is 10.1. The van der Waals surface area contributed by atoms with E-state index in [4.69, 9.17) is 10.5 Å². The van der Waals surface area contributed by atoms with Gasteiger partial charge in [-0.1, -0.05) is 42.5 Å². The number of aryl methyl sites for hydroxylation is 1. The van der Waals surface area contributed by atoms with Crippen LogP contribution in [0.2, 0.25) is 0 Å². The smallest absolute Gasteiger partial charge is 0.250 e. The summed E-state index contributed by atoms with van der Waals surface area (Å²) < 4.78 is 5.80. The second kappa shape index (κ2) is 8.96. The number of carbonyl (C=O) groups excluding carboxylic acids is 1. The van der Waals surface area contributed by atoms with Crippen LogP contribution in [0.15, 0.2) is 66.9 Å². The molecule has 0 saturated carbocycles. The van der Waals surface area contributed by atoms with Gasteiger partial charge < -0.3 is 15.8 Å². The number of nitrogens with zero attached hydrogens (tertiary/aromatic N) is 1. The van der Waals surface area contributed by atoms with E-state index < -0.39 is 5.91 Å². The molecule has 0 aliphatic heterocycles. The Hall–Kier alpha value is -3.18. The topological polar surface area (TPSA) is 77.2 Å². The number of ether oxygens (including phenoxy) is 1. The van der Waals surface area contributed by atoms with E-state index in [1.165, 1.54) is 17.3 Å². The van der Waals surface area contributed by atoms with Crippen molar-refractivity contribution >= 4 is 5.91 Å². The number of benzene rings is 2. The molecule has 0 atom stereocenters. The van der Waals surface area contributed by atoms with Gasteiger partial charge in [-0.05, 0) is 48.7 Å². The molecular weight excluding hydrogens is 338 g/mol. The maximum Gasteiger partial charge on any atom is 0.250 e. The van der Waals surface area contributed by atoms with Gasteiger partial charge in [0.2, 0.25) is 11.8 Å². The zero-order valence-electron chi connectivity index (χ0n) is 15.3. The Bertz CT molecular complexity index is 893. The Kier molecular flexibility index (Phi) is 6.18. The van der Waals surface area contributed by atoms with Crippen molar-refractivity contribution in [2.75, 3.05) is 6.54 Å². The monoisotopic (exact) mass is 361 g/mol. The molecule has 138 valence electrons. The fraction of sp³-hybridized carbons (Fsp3) is 0.182. The average molecular weight is 361 g/mol. The van der Waals surface area contributed by atoms with Crippen LogP contribution in [0.4, 0.5) is 0 Å². The van der Waals surface area contributed by atoms with Gasteiger partial charge in [0.1, 0.15) is 5.75 Å². The molecule has 5 nitrogen and oxygen atoms in total. The summed E-state index contributed by atoms with van der Waals surface area (Å²) in [7, 11) is 0. The first-order chi connectivity index (χ1) is 13.1. The van der Waals surface area contributed by atoms with Crippen molar-refractivity contribution in [3.63, 3.8) is 0 Å². The van der Waals surface area contributed by atoms with Crippen LogP contribution in [0.5, 0.6) is 11.6 Å². The highest BCUT2D eigenvalue weighted by Crippen LogP contribution is 2.24. The first-order valence-electron chi connectivity index (χ1n) is 8.90. The molecule has 1 amide bonds. The molecule has 0 saturated heterocycles. The number of hydrogen-bond acceptors (Lipinski definition) is 4. The van der Waals surface area contributed by atoms with Crippen LogP contribution in [0.1, 0.15) is 27.0 Å². The van der Waals surface area contributed by atoms with Gasteiger partial charge >= 0.3 is 0 Å². The van der Waals surface area contributed by atoms with Crippen LogP contribution < -0.4 is 15.8 Å². The lowest BCUT2D eigenvalue weighted by Gasteiger charge is -2.11. The number of pyridine rings is 1. The van der Waals surface area contributed by atoms with Gasteiger partial charge in [-0.25, -0.2) is 4.98 Å². The summed E-state index contributed by atoms with van der Waals surface area (Å²) in [6, 6.07) is 19.8. The fourth-order valence-corrected chi connectivity index (χ4v) is 2.75. The van der Waals surface area contributed by atoms with E-state index >= 15 is 0 Å². The quantitative estimate of drug-likeness (QED) is 0.601. The first kappa shape index (κ1) is 18.6. The van der Waals surface area contributed by atoms with Crippen LogP contribution in [0, 0.1) is 6.92 Å². The van der Waals surface area contributed by atoms with Crippen molar-refractivity contribution in [1.29, 1.82) is 0 Å². The van der Waals surface area contributed by atoms with Crippen molar-refractivity contribution in [2.45, 2.75) is 19.9 Å². The minimum absolute atomic E-state index is 0.357. The Morgan fingerprint density at radius 1 is 1.07 bits per heavy atom. The molecule has 0 bridgehead atoms. The van der Waals surface area contributed by atoms with E-state index in [-0.39, 0.29) is 0 Å². The van der Waals surface area contributed by atoms with Gasteiger partial charge in [0.25, 0.3) is 0 Å². The Labute approximate surface area is 159 Å². The van der Waals surface area contributed by atoms with Gasteiger partial charge in [-0.2, -0.15) is 0 Å². The van der Waals surface area contributed by atoms with Gasteiger partial charge in [-0.15, -0.1) is 0 Å². The summed E-state index contributed by atoms with van der Waals surface area (Å²) >= 11 is 0. The summed E-state index contributed by atoms with van der Waals surface area (Å²) in [5, 5.41) is 3.47. The van der Waals surface area contributed by atoms with Crippen LogP contribution >= 0.6 is 0 Å². The van der Waals surface area contributed by atoms with E-state index in [1.54, 1.807) is 12.1 Å². The summed E-state index contributed by atoms with van der Waals surface area (Å²) in [6.07, 6.45) is 2.42. The lowest BCUT2D eigenvalue weighted by molar-refractivity contribution is 0.1000. The Morgan fingerprint density at radius 3 is 2.56 bits per heavy atom. The molecule has 0 aliphatic carbocycles. The Balaban J connectivity index is 1.53. The summed E-state index contributed by atoms with van der Waals surface area (Å²) in [5.41, 5.74) is 9.13. The van der Waals surface area contributed by atoms with E-state index in [2.05, 4.69) is 40.6 Å². The first-order valence-corrected chi connectivity index (χ1v) is 8.90. The number of nitrogens with two attached hydrogens (primary N) is 1. The number of rotatable bonds is 8. The highest BCUT2D eigenvalue weighted by atomic mass is 16.5. The number of nitrogens with one attached hydrogen (secondary N) is 1. The van der Waals surface area contributed by atoms with Crippen molar-refractivity contribution in [1.82, 2.24) is 10.3 Å². The van der Waals surface area contributed by atoms with Crippen molar-refractivity contribution < 1.29 is 9.53 Å². The normalized spacial score (nSPS) is 10.6. The van der Waals surface area contributed by atoms with E-state index in [0.29, 0.717) is 11.4 Å². The molecule has 2 aromatic carbocycles. The van der Waals surface area contributed by atoms with Crippen LogP contribution in [0.25, 0.3) is 0 Å². The zero-order valence-corrected chi connectivity index (χ0v) is 15.3. The van der Waals surface area contributed by atoms with Crippen LogP contribution in [-0.2, 0) is 13.0 Å². The average Bonchev–Trinajstić information content (AvgIpc) is 2.68. The van der Waals surface area contributed by atoms with Crippen LogP contribution in [-0.4, -0.2) is 17.4 Å². The summed E-state index contributed by atoms with van der Waals surface area (Å²) in [6.45, 7) is 3.73. The third-order valence-electron chi connectivity index (χ3n) is 4.24. The highest BCUT2D eigenvalue weighted by molar-refractivity contribution is 5.92. The molecule has 27 heavy (non-hydrogen) atoms. The standard InChI is InChI=1S/C22H23N3O2/c1-16-13-18(14-24-12-11-17-5-3-2-4-6-17)7-9-20(16)27-21-10-8-19(15-25-21)22(23)26/h2-10,13,15,24H,11-12,14H2,1H3,(H2,23,26). The predicted octanol–water partition coefficient (Wildman–Crippen LogP) is 3.61. The molecule has 0 fully saturated rings. The van der Waals surface area contributed by atoms with Crippen molar-refractivity contribution in [3.05, 3.63) is 89.1 Å². The second-order valence-electron chi connectivity index (χ2n) is 6.36. The molecule has 5 heteroatoms. The fourth-order valence-electron chi connectivity index (χ4n) is 2.75. The Morgan fingerprint density at radius 2 is 1.89 bits per heavy atom. The van der Waals surface area contributed by atoms with Gasteiger partial charge in [0.15, 0.2) is 0 Å². The molecule has 3 rings (SSSR count). The van der Waals surface area contributed by atoms with Gasteiger partial charge in [0, 0.05) is 18.8 Å². The third-order valence-corrected chi connectivity index (χ3v) is 4.24. The maximum absolute atomic E-state index is 11.1.